The minimum absolute atomic E-state index is 0.164. The van der Waals surface area contributed by atoms with Gasteiger partial charge in [0.1, 0.15) is 12.4 Å². The Labute approximate surface area is 157 Å². The molecule has 0 saturated heterocycles. The van der Waals surface area contributed by atoms with Crippen molar-refractivity contribution in [1.29, 1.82) is 0 Å². The maximum absolute atomic E-state index is 12.6. The minimum atomic E-state index is -0.336. The smallest absolute Gasteiger partial charge is 0.286 e. The van der Waals surface area contributed by atoms with E-state index < -0.39 is 0 Å². The summed E-state index contributed by atoms with van der Waals surface area (Å²) in [5.74, 6) is 1.41. The van der Waals surface area contributed by atoms with Gasteiger partial charge in [-0.15, -0.1) is 0 Å². The second kappa shape index (κ2) is 7.00. The Bertz CT molecular complexity index is 1190. The number of hydrogen-bond acceptors (Lipinski definition) is 7. The van der Waals surface area contributed by atoms with Crippen molar-refractivity contribution in [2.45, 2.75) is 6.61 Å². The van der Waals surface area contributed by atoms with Crippen LogP contribution in [0.5, 0.6) is 11.6 Å². The average Bonchev–Trinajstić information content (AvgIpc) is 3.16. The standard InChI is InChI=1S/C17H14N6O3S/c1-25-12-4-2-11(3-5-12)10-26-15-9-18-14(8-19-15)22-16(24)13-6-7-20-23(13)21-17(22)27/h2-9H,10H2,1H3,(H,21,27). The maximum Gasteiger partial charge on any atom is 0.286 e. The van der Waals surface area contributed by atoms with E-state index in [1.165, 1.54) is 27.8 Å². The fourth-order valence-corrected chi connectivity index (χ4v) is 2.75. The van der Waals surface area contributed by atoms with Crippen LogP contribution in [0.1, 0.15) is 5.56 Å². The van der Waals surface area contributed by atoms with Crippen molar-refractivity contribution >= 4 is 17.7 Å². The zero-order valence-corrected chi connectivity index (χ0v) is 15.0. The first-order valence-corrected chi connectivity index (χ1v) is 8.34. The van der Waals surface area contributed by atoms with Crippen molar-refractivity contribution in [2.24, 2.45) is 0 Å². The van der Waals surface area contributed by atoms with Gasteiger partial charge in [-0.25, -0.2) is 14.5 Å². The van der Waals surface area contributed by atoms with E-state index in [0.717, 1.165) is 11.3 Å². The summed E-state index contributed by atoms with van der Waals surface area (Å²) >= 11 is 5.22. The highest BCUT2D eigenvalue weighted by molar-refractivity contribution is 7.71. The molecule has 4 rings (SSSR count). The van der Waals surface area contributed by atoms with Gasteiger partial charge in [-0.2, -0.15) is 9.73 Å². The molecule has 0 aliphatic rings. The Morgan fingerprint density at radius 2 is 1.96 bits per heavy atom. The molecule has 0 radical (unpaired) electrons. The quantitative estimate of drug-likeness (QED) is 0.527. The molecule has 0 atom stereocenters. The third-order valence-corrected chi connectivity index (χ3v) is 4.13. The predicted molar refractivity (Wildman–Crippen MR) is 98.9 cm³/mol. The number of hydrogen-bond donors (Lipinski definition) is 1. The van der Waals surface area contributed by atoms with E-state index in [2.05, 4.69) is 20.2 Å². The molecule has 4 aromatic rings. The lowest BCUT2D eigenvalue weighted by Crippen LogP contribution is -2.24. The van der Waals surface area contributed by atoms with E-state index in [4.69, 9.17) is 21.7 Å². The van der Waals surface area contributed by atoms with Crippen molar-refractivity contribution in [3.8, 4) is 17.4 Å². The minimum Gasteiger partial charge on any atom is -0.497 e. The summed E-state index contributed by atoms with van der Waals surface area (Å²) in [6.07, 6.45) is 4.38. The highest BCUT2D eigenvalue weighted by Gasteiger charge is 2.10. The van der Waals surface area contributed by atoms with Gasteiger partial charge in [-0.3, -0.25) is 9.89 Å². The lowest BCUT2D eigenvalue weighted by atomic mass is 10.2. The average molecular weight is 382 g/mol. The van der Waals surface area contributed by atoms with E-state index in [-0.39, 0.29) is 10.3 Å². The molecule has 0 bridgehead atoms. The summed E-state index contributed by atoms with van der Waals surface area (Å²) in [6, 6.07) is 9.10. The van der Waals surface area contributed by atoms with Gasteiger partial charge in [-0.05, 0) is 36.0 Å². The van der Waals surface area contributed by atoms with Crippen molar-refractivity contribution in [2.75, 3.05) is 7.11 Å². The first-order valence-electron chi connectivity index (χ1n) is 7.93. The number of benzene rings is 1. The summed E-state index contributed by atoms with van der Waals surface area (Å²) < 4.78 is 13.5. The summed E-state index contributed by atoms with van der Waals surface area (Å²) in [7, 11) is 1.62. The van der Waals surface area contributed by atoms with Crippen LogP contribution in [0.15, 0.2) is 53.7 Å². The zero-order chi connectivity index (χ0) is 18.8. The van der Waals surface area contributed by atoms with Crippen LogP contribution < -0.4 is 15.0 Å². The van der Waals surface area contributed by atoms with E-state index in [9.17, 15) is 4.79 Å². The number of methoxy groups -OCH3 is 1. The van der Waals surface area contributed by atoms with Crippen LogP contribution in [0.25, 0.3) is 11.3 Å². The van der Waals surface area contributed by atoms with Gasteiger partial charge < -0.3 is 9.47 Å². The van der Waals surface area contributed by atoms with Gasteiger partial charge in [0, 0.05) is 0 Å². The Balaban J connectivity index is 1.55. The van der Waals surface area contributed by atoms with Crippen molar-refractivity contribution in [3.05, 3.63) is 69.6 Å². The Hall–Kier alpha value is -3.53. The second-order valence-corrected chi connectivity index (χ2v) is 5.92. The lowest BCUT2D eigenvalue weighted by Gasteiger charge is -2.08. The number of H-pyrrole nitrogens is 1. The SMILES string of the molecule is COc1ccc(COc2cnc(-n3c(=S)[nH]n4nccc4c3=O)cn2)cc1. The molecule has 27 heavy (non-hydrogen) atoms. The molecule has 10 heteroatoms. The van der Waals surface area contributed by atoms with Gasteiger partial charge in [0.05, 0.1) is 25.7 Å². The monoisotopic (exact) mass is 382 g/mol. The van der Waals surface area contributed by atoms with Crippen LogP contribution >= 0.6 is 12.2 Å². The van der Waals surface area contributed by atoms with Gasteiger partial charge in [0.15, 0.2) is 11.3 Å². The predicted octanol–water partition coefficient (Wildman–Crippen LogP) is 1.92. The van der Waals surface area contributed by atoms with Crippen LogP contribution in [0.4, 0.5) is 0 Å². The molecule has 0 unspecified atom stereocenters. The fraction of sp³-hybridized carbons (Fsp3) is 0.118. The molecule has 0 aliphatic carbocycles. The largest absolute Gasteiger partial charge is 0.497 e. The van der Waals surface area contributed by atoms with Crippen LogP contribution in [0.2, 0.25) is 0 Å². The number of aromatic amines is 1. The molecule has 0 spiro atoms. The molecule has 1 aromatic carbocycles. The van der Waals surface area contributed by atoms with Crippen LogP contribution in [-0.2, 0) is 6.61 Å². The first kappa shape index (κ1) is 16.9. The molecule has 0 saturated carbocycles. The molecule has 0 fully saturated rings. The molecule has 136 valence electrons. The van der Waals surface area contributed by atoms with Gasteiger partial charge in [-0.1, -0.05) is 12.1 Å². The maximum atomic E-state index is 12.6. The number of rotatable bonds is 5. The normalized spacial score (nSPS) is 10.9. The molecule has 1 N–H and O–H groups in total. The van der Waals surface area contributed by atoms with E-state index in [0.29, 0.717) is 23.8 Å². The summed E-state index contributed by atoms with van der Waals surface area (Å²) in [5.41, 5.74) is 0.981. The molecule has 9 nitrogen and oxygen atoms in total. The third-order valence-electron chi connectivity index (χ3n) is 3.86. The second-order valence-electron chi connectivity index (χ2n) is 5.54. The summed E-state index contributed by atoms with van der Waals surface area (Å²) in [5, 5.41) is 6.79. The molecular weight excluding hydrogens is 368 g/mol. The summed E-state index contributed by atoms with van der Waals surface area (Å²) in [4.78, 5) is 21.0. The van der Waals surface area contributed by atoms with Gasteiger partial charge in [0.25, 0.3) is 5.56 Å². The number of nitrogens with zero attached hydrogens (tertiary/aromatic N) is 5. The van der Waals surface area contributed by atoms with Gasteiger partial charge in [0.2, 0.25) is 10.7 Å². The van der Waals surface area contributed by atoms with Crippen LogP contribution in [0, 0.1) is 4.77 Å². The molecule has 0 amide bonds. The van der Waals surface area contributed by atoms with Crippen molar-refractivity contribution < 1.29 is 9.47 Å². The Morgan fingerprint density at radius 1 is 1.15 bits per heavy atom. The van der Waals surface area contributed by atoms with Crippen LogP contribution in [0.3, 0.4) is 0 Å². The first-order chi connectivity index (χ1) is 13.2. The lowest BCUT2D eigenvalue weighted by molar-refractivity contribution is 0.292. The highest BCUT2D eigenvalue weighted by Crippen LogP contribution is 2.14. The zero-order valence-electron chi connectivity index (χ0n) is 14.2. The number of ether oxygens (including phenoxy) is 2. The van der Waals surface area contributed by atoms with Crippen molar-refractivity contribution in [1.82, 2.24) is 29.4 Å². The fourth-order valence-electron chi connectivity index (χ4n) is 2.49. The number of nitrogens with one attached hydrogen (secondary N) is 1. The topological polar surface area (TPSA) is 99.3 Å². The molecular formula is C17H14N6O3S. The molecule has 0 aliphatic heterocycles. The molecule has 3 aromatic heterocycles. The Kier molecular flexibility index (Phi) is 4.38. The molecule has 3 heterocycles. The Morgan fingerprint density at radius 3 is 2.67 bits per heavy atom. The van der Waals surface area contributed by atoms with Gasteiger partial charge >= 0.3 is 0 Å². The summed E-state index contributed by atoms with van der Waals surface area (Å²) in [6.45, 7) is 0.333. The van der Waals surface area contributed by atoms with E-state index >= 15 is 0 Å². The number of fused-ring (bicyclic) bond motifs is 1. The van der Waals surface area contributed by atoms with E-state index in [1.807, 2.05) is 24.3 Å². The number of aromatic nitrogens is 6. The van der Waals surface area contributed by atoms with E-state index in [1.54, 1.807) is 13.2 Å². The van der Waals surface area contributed by atoms with Crippen LogP contribution in [-0.4, -0.2) is 36.5 Å². The third kappa shape index (κ3) is 3.29. The highest BCUT2D eigenvalue weighted by atomic mass is 32.1. The van der Waals surface area contributed by atoms with Crippen molar-refractivity contribution in [3.63, 3.8) is 0 Å².